The summed E-state index contributed by atoms with van der Waals surface area (Å²) in [7, 11) is 5.57. The van der Waals surface area contributed by atoms with Crippen molar-refractivity contribution in [3.8, 4) is 0 Å². The van der Waals surface area contributed by atoms with Gasteiger partial charge in [0.05, 0.1) is 12.3 Å². The number of amides is 1. The number of aliphatic hydroxyl groups excluding tert-OH is 1. The molecule has 0 unspecified atom stereocenters. The fraction of sp³-hybridized carbons (Fsp3) is 0.429. The van der Waals surface area contributed by atoms with Gasteiger partial charge in [0.2, 0.25) is 0 Å². The summed E-state index contributed by atoms with van der Waals surface area (Å²) in [6.45, 7) is 0.867. The van der Waals surface area contributed by atoms with Gasteiger partial charge in [-0.25, -0.2) is 4.98 Å². The number of nitrogens with zero attached hydrogens (tertiary/aromatic N) is 4. The Kier molecular flexibility index (Phi) is 4.36. The lowest BCUT2D eigenvalue weighted by Gasteiger charge is -2.16. The van der Waals surface area contributed by atoms with Crippen LogP contribution in [-0.2, 0) is 6.54 Å². The minimum Gasteiger partial charge on any atom is -0.395 e. The van der Waals surface area contributed by atoms with Crippen molar-refractivity contribution < 1.29 is 9.90 Å². The molecule has 0 saturated heterocycles. The highest BCUT2D eigenvalue weighted by atomic mass is 16.3. The van der Waals surface area contributed by atoms with E-state index in [1.54, 1.807) is 7.05 Å². The molecular weight excluding hydrogens is 256 g/mol. The molecule has 0 fully saturated rings. The van der Waals surface area contributed by atoms with Crippen molar-refractivity contribution in [2.45, 2.75) is 6.54 Å². The molecule has 0 atom stereocenters. The summed E-state index contributed by atoms with van der Waals surface area (Å²) in [4.78, 5) is 20.3. The van der Waals surface area contributed by atoms with Crippen LogP contribution in [0.4, 0.5) is 0 Å². The molecule has 2 heterocycles. The molecule has 6 heteroatoms. The van der Waals surface area contributed by atoms with Gasteiger partial charge in [0.15, 0.2) is 5.69 Å². The molecular formula is C14H20N4O2. The van der Waals surface area contributed by atoms with Gasteiger partial charge < -0.3 is 19.3 Å². The highest BCUT2D eigenvalue weighted by Crippen LogP contribution is 2.15. The lowest BCUT2D eigenvalue weighted by atomic mass is 10.2. The van der Waals surface area contributed by atoms with Crippen LogP contribution in [0.3, 0.4) is 0 Å². The normalized spacial score (nSPS) is 11.2. The van der Waals surface area contributed by atoms with Crippen LogP contribution in [0.15, 0.2) is 24.4 Å². The number of carbonyl (C=O) groups is 1. The van der Waals surface area contributed by atoms with Crippen LogP contribution in [0.1, 0.15) is 16.2 Å². The average Bonchev–Trinajstić information content (AvgIpc) is 2.76. The topological polar surface area (TPSA) is 61.1 Å². The molecule has 0 aliphatic heterocycles. The van der Waals surface area contributed by atoms with Crippen molar-refractivity contribution in [1.82, 2.24) is 19.2 Å². The van der Waals surface area contributed by atoms with Gasteiger partial charge in [-0.3, -0.25) is 4.79 Å². The largest absolute Gasteiger partial charge is 0.395 e. The highest BCUT2D eigenvalue weighted by Gasteiger charge is 2.21. The number of fused-ring (bicyclic) bond motifs is 1. The summed E-state index contributed by atoms with van der Waals surface area (Å²) in [6, 6.07) is 5.69. The number of aromatic nitrogens is 2. The smallest absolute Gasteiger partial charge is 0.274 e. The Morgan fingerprint density at radius 1 is 1.35 bits per heavy atom. The van der Waals surface area contributed by atoms with Gasteiger partial charge in [-0.15, -0.1) is 0 Å². The molecule has 6 nitrogen and oxygen atoms in total. The van der Waals surface area contributed by atoms with Crippen LogP contribution in [0.2, 0.25) is 0 Å². The zero-order chi connectivity index (χ0) is 14.7. The Balaban J connectivity index is 2.48. The summed E-state index contributed by atoms with van der Waals surface area (Å²) in [6.07, 6.45) is 1.91. The summed E-state index contributed by atoms with van der Waals surface area (Å²) >= 11 is 0. The van der Waals surface area contributed by atoms with E-state index in [4.69, 9.17) is 5.11 Å². The first kappa shape index (κ1) is 14.5. The second-order valence-corrected chi connectivity index (χ2v) is 5.02. The number of hydrogen-bond donors (Lipinski definition) is 1. The molecule has 0 radical (unpaired) electrons. The van der Waals surface area contributed by atoms with E-state index in [2.05, 4.69) is 4.98 Å². The number of imidazole rings is 1. The third kappa shape index (κ3) is 2.81. The van der Waals surface area contributed by atoms with Crippen molar-refractivity contribution >= 4 is 11.6 Å². The average molecular weight is 276 g/mol. The molecule has 2 rings (SSSR count). The highest BCUT2D eigenvalue weighted by molar-refractivity contribution is 5.94. The van der Waals surface area contributed by atoms with Gasteiger partial charge in [-0.1, -0.05) is 6.07 Å². The molecule has 1 amide bonds. The first-order chi connectivity index (χ1) is 9.54. The maximum atomic E-state index is 12.4. The molecule has 20 heavy (non-hydrogen) atoms. The zero-order valence-electron chi connectivity index (χ0n) is 12.1. The van der Waals surface area contributed by atoms with Crippen LogP contribution >= 0.6 is 0 Å². The molecule has 0 bridgehead atoms. The maximum Gasteiger partial charge on any atom is 0.274 e. The SMILES string of the molecule is CN(C)Cc1c(C(=O)N(C)CCO)nc2ccccn12. The number of likely N-dealkylation sites (N-methyl/N-ethyl adjacent to an activating group) is 1. The third-order valence-corrected chi connectivity index (χ3v) is 3.08. The van der Waals surface area contributed by atoms with E-state index in [0.29, 0.717) is 18.8 Å². The molecule has 0 aliphatic carbocycles. The summed E-state index contributed by atoms with van der Waals surface area (Å²) in [5.74, 6) is -0.167. The molecule has 0 spiro atoms. The monoisotopic (exact) mass is 276 g/mol. The lowest BCUT2D eigenvalue weighted by molar-refractivity contribution is 0.0760. The van der Waals surface area contributed by atoms with E-state index in [-0.39, 0.29) is 12.5 Å². The van der Waals surface area contributed by atoms with Crippen LogP contribution in [0.5, 0.6) is 0 Å². The predicted molar refractivity (Wildman–Crippen MR) is 76.6 cm³/mol. The Bertz CT molecular complexity index is 606. The Morgan fingerprint density at radius 2 is 2.10 bits per heavy atom. The third-order valence-electron chi connectivity index (χ3n) is 3.08. The Hall–Kier alpha value is -1.92. The number of carbonyl (C=O) groups excluding carboxylic acids is 1. The van der Waals surface area contributed by atoms with Crippen LogP contribution in [0, 0.1) is 0 Å². The number of aliphatic hydroxyl groups is 1. The van der Waals surface area contributed by atoms with Crippen molar-refractivity contribution in [1.29, 1.82) is 0 Å². The minimum absolute atomic E-state index is 0.0569. The van der Waals surface area contributed by atoms with E-state index < -0.39 is 0 Å². The van der Waals surface area contributed by atoms with Gasteiger partial charge in [-0.2, -0.15) is 0 Å². The Morgan fingerprint density at radius 3 is 2.75 bits per heavy atom. The lowest BCUT2D eigenvalue weighted by Crippen LogP contribution is -2.31. The van der Waals surface area contributed by atoms with Crippen molar-refractivity contribution in [3.63, 3.8) is 0 Å². The molecule has 1 N–H and O–H groups in total. The van der Waals surface area contributed by atoms with Crippen molar-refractivity contribution in [2.24, 2.45) is 0 Å². The van der Waals surface area contributed by atoms with Gasteiger partial charge in [0, 0.05) is 26.3 Å². The van der Waals surface area contributed by atoms with Gasteiger partial charge in [0.1, 0.15) is 5.65 Å². The maximum absolute atomic E-state index is 12.4. The van der Waals surface area contributed by atoms with Crippen molar-refractivity contribution in [3.05, 3.63) is 35.8 Å². The number of rotatable bonds is 5. The van der Waals surface area contributed by atoms with Crippen LogP contribution < -0.4 is 0 Å². The molecule has 0 aromatic carbocycles. The molecule has 2 aromatic heterocycles. The van der Waals surface area contributed by atoms with E-state index in [0.717, 1.165) is 11.3 Å². The number of hydrogen-bond acceptors (Lipinski definition) is 4. The standard InChI is InChI=1S/C14H20N4O2/c1-16(2)10-11-13(14(20)17(3)8-9-19)15-12-6-4-5-7-18(11)12/h4-7,19H,8-10H2,1-3H3. The first-order valence-electron chi connectivity index (χ1n) is 6.51. The van der Waals surface area contributed by atoms with E-state index in [1.165, 1.54) is 4.90 Å². The van der Waals surface area contributed by atoms with E-state index >= 15 is 0 Å². The van der Waals surface area contributed by atoms with E-state index in [1.807, 2.05) is 47.8 Å². The summed E-state index contributed by atoms with van der Waals surface area (Å²) in [5, 5.41) is 8.96. The van der Waals surface area contributed by atoms with E-state index in [9.17, 15) is 4.79 Å². The van der Waals surface area contributed by atoms with Crippen molar-refractivity contribution in [2.75, 3.05) is 34.3 Å². The fourth-order valence-corrected chi connectivity index (χ4v) is 2.10. The molecule has 0 aliphatic rings. The molecule has 0 saturated carbocycles. The fourth-order valence-electron chi connectivity index (χ4n) is 2.10. The number of pyridine rings is 1. The van der Waals surface area contributed by atoms with Gasteiger partial charge >= 0.3 is 0 Å². The van der Waals surface area contributed by atoms with Crippen LogP contribution in [0.25, 0.3) is 5.65 Å². The summed E-state index contributed by atoms with van der Waals surface area (Å²) in [5.41, 5.74) is 2.06. The first-order valence-corrected chi connectivity index (χ1v) is 6.51. The van der Waals surface area contributed by atoms with Gasteiger partial charge in [-0.05, 0) is 26.2 Å². The van der Waals surface area contributed by atoms with Crippen LogP contribution in [-0.4, -0.2) is 64.5 Å². The Labute approximate surface area is 118 Å². The predicted octanol–water partition coefficient (Wildman–Crippen LogP) is 0.460. The second kappa shape index (κ2) is 6.02. The summed E-state index contributed by atoms with van der Waals surface area (Å²) < 4.78 is 1.93. The molecule has 108 valence electrons. The minimum atomic E-state index is -0.167. The quantitative estimate of drug-likeness (QED) is 0.862. The molecule has 2 aromatic rings. The second-order valence-electron chi connectivity index (χ2n) is 5.02. The van der Waals surface area contributed by atoms with Gasteiger partial charge in [0.25, 0.3) is 5.91 Å². The zero-order valence-corrected chi connectivity index (χ0v) is 12.1.